The highest BCUT2D eigenvalue weighted by Crippen LogP contribution is 2.26. The number of hydrogen-bond acceptors (Lipinski definition) is 5. The molecule has 104 valence electrons. The molecule has 2 rings (SSSR count). The number of esters is 1. The summed E-state index contributed by atoms with van der Waals surface area (Å²) in [6, 6.07) is 3.34. The maximum absolute atomic E-state index is 13.4. The van der Waals surface area contributed by atoms with Crippen LogP contribution in [0.1, 0.15) is 11.6 Å². The summed E-state index contributed by atoms with van der Waals surface area (Å²) in [5.41, 5.74) is 0.490. The van der Waals surface area contributed by atoms with Gasteiger partial charge in [0.05, 0.1) is 7.11 Å². The lowest BCUT2D eigenvalue weighted by Gasteiger charge is -2.33. The minimum atomic E-state index is -0.735. The van der Waals surface area contributed by atoms with Crippen molar-refractivity contribution in [3.63, 3.8) is 0 Å². The molecule has 0 amide bonds. The SMILES string of the molecule is COC(=O)C(c1ccc(O)c(F)c1)N1CCNCC1. The molecule has 1 aromatic carbocycles. The number of methoxy groups -OCH3 is 1. The van der Waals surface area contributed by atoms with Crippen LogP contribution in [0, 0.1) is 5.82 Å². The Hall–Kier alpha value is -1.66. The van der Waals surface area contributed by atoms with Gasteiger partial charge in [0.1, 0.15) is 6.04 Å². The predicted octanol–water partition coefficient (Wildman–Crippen LogP) is 0.651. The average Bonchev–Trinajstić information content (AvgIpc) is 2.44. The van der Waals surface area contributed by atoms with Crippen LogP contribution in [0.3, 0.4) is 0 Å². The predicted molar refractivity (Wildman–Crippen MR) is 67.3 cm³/mol. The highest BCUT2D eigenvalue weighted by atomic mass is 19.1. The molecule has 0 aromatic heterocycles. The van der Waals surface area contributed by atoms with Gasteiger partial charge < -0.3 is 15.2 Å². The molecule has 1 heterocycles. The molecule has 1 aliphatic rings. The number of halogens is 1. The number of phenolic OH excluding ortho intramolecular Hbond substituents is 1. The Morgan fingerprint density at radius 1 is 1.47 bits per heavy atom. The Morgan fingerprint density at radius 3 is 2.74 bits per heavy atom. The monoisotopic (exact) mass is 268 g/mol. The van der Waals surface area contributed by atoms with E-state index in [0.717, 1.165) is 13.1 Å². The van der Waals surface area contributed by atoms with Crippen molar-refractivity contribution in [2.24, 2.45) is 0 Å². The minimum absolute atomic E-state index is 0.423. The van der Waals surface area contributed by atoms with Gasteiger partial charge in [0.25, 0.3) is 0 Å². The van der Waals surface area contributed by atoms with Crippen molar-refractivity contribution in [1.29, 1.82) is 0 Å². The molecule has 1 saturated heterocycles. The number of piperazine rings is 1. The first kappa shape index (κ1) is 13.8. The molecule has 19 heavy (non-hydrogen) atoms. The van der Waals surface area contributed by atoms with Crippen molar-refractivity contribution in [2.45, 2.75) is 6.04 Å². The quantitative estimate of drug-likeness (QED) is 0.788. The number of nitrogens with one attached hydrogen (secondary N) is 1. The van der Waals surface area contributed by atoms with E-state index in [1.54, 1.807) is 6.07 Å². The first-order valence-electron chi connectivity index (χ1n) is 6.14. The molecule has 2 N–H and O–H groups in total. The van der Waals surface area contributed by atoms with Crippen molar-refractivity contribution in [3.8, 4) is 5.75 Å². The number of carbonyl (C=O) groups excluding carboxylic acids is 1. The Morgan fingerprint density at radius 2 is 2.16 bits per heavy atom. The number of rotatable bonds is 3. The van der Waals surface area contributed by atoms with Crippen molar-refractivity contribution in [2.75, 3.05) is 33.3 Å². The molecule has 1 aliphatic heterocycles. The molecule has 1 unspecified atom stereocenters. The molecule has 5 nitrogen and oxygen atoms in total. The fraction of sp³-hybridized carbons (Fsp3) is 0.462. The van der Waals surface area contributed by atoms with Crippen LogP contribution in [-0.4, -0.2) is 49.3 Å². The molecule has 1 fully saturated rings. The topological polar surface area (TPSA) is 61.8 Å². The lowest BCUT2D eigenvalue weighted by atomic mass is 10.0. The van der Waals surface area contributed by atoms with Crippen LogP contribution in [-0.2, 0) is 9.53 Å². The maximum atomic E-state index is 13.4. The standard InChI is InChI=1S/C13H17FN2O3/c1-19-13(18)12(16-6-4-15-5-7-16)9-2-3-11(17)10(14)8-9/h2-3,8,12,15,17H,4-7H2,1H3. The fourth-order valence-corrected chi connectivity index (χ4v) is 2.24. The fourth-order valence-electron chi connectivity index (χ4n) is 2.24. The Bertz CT molecular complexity index is 461. The van der Waals surface area contributed by atoms with Gasteiger partial charge in [-0.15, -0.1) is 0 Å². The highest BCUT2D eigenvalue weighted by Gasteiger charge is 2.30. The number of nitrogens with zero attached hydrogens (tertiary/aromatic N) is 1. The van der Waals surface area contributed by atoms with Gasteiger partial charge in [-0.3, -0.25) is 4.90 Å². The van der Waals surface area contributed by atoms with E-state index in [9.17, 15) is 14.3 Å². The lowest BCUT2D eigenvalue weighted by Crippen LogP contribution is -2.47. The number of benzene rings is 1. The first-order chi connectivity index (χ1) is 9.13. The van der Waals surface area contributed by atoms with E-state index in [1.807, 2.05) is 4.90 Å². The van der Waals surface area contributed by atoms with Crippen molar-refractivity contribution < 1.29 is 19.0 Å². The summed E-state index contributed by atoms with van der Waals surface area (Å²) in [4.78, 5) is 13.9. The third-order valence-electron chi connectivity index (χ3n) is 3.23. The molecular weight excluding hydrogens is 251 g/mol. The zero-order chi connectivity index (χ0) is 13.8. The van der Waals surface area contributed by atoms with E-state index in [1.165, 1.54) is 19.2 Å². The molecule has 1 atom stereocenters. The Balaban J connectivity index is 2.30. The van der Waals surface area contributed by atoms with Gasteiger partial charge >= 0.3 is 5.97 Å². The second-order valence-corrected chi connectivity index (χ2v) is 4.42. The second kappa shape index (κ2) is 5.99. The van der Waals surface area contributed by atoms with Crippen LogP contribution in [0.2, 0.25) is 0 Å². The Kier molecular flexibility index (Phi) is 4.34. The summed E-state index contributed by atoms with van der Waals surface area (Å²) in [7, 11) is 1.31. The van der Waals surface area contributed by atoms with Crippen molar-refractivity contribution >= 4 is 5.97 Å². The largest absolute Gasteiger partial charge is 0.505 e. The van der Waals surface area contributed by atoms with Gasteiger partial charge in [-0.1, -0.05) is 6.07 Å². The normalized spacial score (nSPS) is 18.0. The second-order valence-electron chi connectivity index (χ2n) is 4.42. The van der Waals surface area contributed by atoms with E-state index in [4.69, 9.17) is 4.74 Å². The summed E-state index contributed by atoms with van der Waals surface area (Å²) >= 11 is 0. The van der Waals surface area contributed by atoms with E-state index in [2.05, 4.69) is 5.32 Å². The number of aromatic hydroxyl groups is 1. The van der Waals surface area contributed by atoms with Crippen LogP contribution in [0.15, 0.2) is 18.2 Å². The van der Waals surface area contributed by atoms with E-state index in [-0.39, 0.29) is 0 Å². The van der Waals surface area contributed by atoms with Gasteiger partial charge in [-0.25, -0.2) is 9.18 Å². The molecule has 0 bridgehead atoms. The van der Waals surface area contributed by atoms with Crippen LogP contribution < -0.4 is 5.32 Å². The average molecular weight is 268 g/mol. The molecule has 0 aliphatic carbocycles. The summed E-state index contributed by atoms with van der Waals surface area (Å²) < 4.78 is 18.2. The van der Waals surface area contributed by atoms with Crippen LogP contribution in [0.4, 0.5) is 4.39 Å². The summed E-state index contributed by atoms with van der Waals surface area (Å²) in [6.07, 6.45) is 0. The summed E-state index contributed by atoms with van der Waals surface area (Å²) in [5.74, 6) is -1.58. The van der Waals surface area contributed by atoms with Gasteiger partial charge in [0, 0.05) is 26.2 Å². The first-order valence-corrected chi connectivity index (χ1v) is 6.14. The van der Waals surface area contributed by atoms with Crippen LogP contribution >= 0.6 is 0 Å². The molecule has 0 spiro atoms. The number of phenols is 1. The molecular formula is C13H17FN2O3. The van der Waals surface area contributed by atoms with Crippen molar-refractivity contribution in [3.05, 3.63) is 29.6 Å². The molecule has 6 heteroatoms. The summed E-state index contributed by atoms with van der Waals surface area (Å²) in [6.45, 7) is 2.91. The Labute approximate surface area is 111 Å². The third kappa shape index (κ3) is 3.02. The summed E-state index contributed by atoms with van der Waals surface area (Å²) in [5, 5.41) is 12.4. The van der Waals surface area contributed by atoms with E-state index in [0.29, 0.717) is 18.7 Å². The number of carbonyl (C=O) groups is 1. The smallest absolute Gasteiger partial charge is 0.327 e. The zero-order valence-electron chi connectivity index (χ0n) is 10.7. The third-order valence-corrected chi connectivity index (χ3v) is 3.23. The zero-order valence-corrected chi connectivity index (χ0v) is 10.7. The maximum Gasteiger partial charge on any atom is 0.327 e. The van der Waals surface area contributed by atoms with Gasteiger partial charge in [0.2, 0.25) is 0 Å². The van der Waals surface area contributed by atoms with Gasteiger partial charge in [-0.05, 0) is 17.7 Å². The molecule has 1 aromatic rings. The number of hydrogen-bond donors (Lipinski definition) is 2. The van der Waals surface area contributed by atoms with Crippen LogP contribution in [0.5, 0.6) is 5.75 Å². The lowest BCUT2D eigenvalue weighted by molar-refractivity contribution is -0.147. The molecule has 0 radical (unpaired) electrons. The van der Waals surface area contributed by atoms with Gasteiger partial charge in [0.15, 0.2) is 11.6 Å². The van der Waals surface area contributed by atoms with E-state index >= 15 is 0 Å². The highest BCUT2D eigenvalue weighted by molar-refractivity contribution is 5.77. The van der Waals surface area contributed by atoms with Crippen molar-refractivity contribution in [1.82, 2.24) is 10.2 Å². The minimum Gasteiger partial charge on any atom is -0.505 e. The van der Waals surface area contributed by atoms with E-state index < -0.39 is 23.6 Å². The number of ether oxygens (including phenoxy) is 1. The molecule has 0 saturated carbocycles. The van der Waals surface area contributed by atoms with Crippen LogP contribution in [0.25, 0.3) is 0 Å². The van der Waals surface area contributed by atoms with Gasteiger partial charge in [-0.2, -0.15) is 0 Å².